The van der Waals surface area contributed by atoms with Crippen LogP contribution in [0.25, 0.3) is 17.3 Å². The quantitative estimate of drug-likeness (QED) is 0.390. The first-order chi connectivity index (χ1) is 18.7. The predicted octanol–water partition coefficient (Wildman–Crippen LogP) is 7.48. The predicted molar refractivity (Wildman–Crippen MR) is 154 cm³/mol. The van der Waals surface area contributed by atoms with Crippen molar-refractivity contribution in [2.45, 2.75) is 91.3 Å². The highest BCUT2D eigenvalue weighted by Crippen LogP contribution is 2.60. The molecule has 4 aliphatic carbocycles. The van der Waals surface area contributed by atoms with Gasteiger partial charge in [0.2, 0.25) is 5.95 Å². The van der Waals surface area contributed by atoms with Crippen molar-refractivity contribution in [1.29, 1.82) is 0 Å². The molecule has 4 aliphatic rings. The van der Waals surface area contributed by atoms with Crippen molar-refractivity contribution in [3.05, 3.63) is 42.1 Å². The van der Waals surface area contributed by atoms with Crippen LogP contribution in [-0.2, 0) is 14.3 Å². The van der Waals surface area contributed by atoms with Gasteiger partial charge in [-0.1, -0.05) is 30.3 Å². The molecule has 8 heteroatoms. The second-order valence-corrected chi connectivity index (χ2v) is 13.9. The fourth-order valence-electron chi connectivity index (χ4n) is 7.07. The summed E-state index contributed by atoms with van der Waals surface area (Å²) < 4.78 is 12.1. The van der Waals surface area contributed by atoms with Gasteiger partial charge in [-0.05, 0) is 109 Å². The first-order valence-electron chi connectivity index (χ1n) is 14.3. The lowest BCUT2D eigenvalue weighted by atomic mass is 9.48. The molecule has 1 heterocycles. The number of ether oxygens (including phenoxy) is 2. The average molecular weight is 548 g/mol. The Morgan fingerprint density at radius 3 is 2.08 bits per heavy atom. The number of imidazole rings is 1. The molecule has 1 N–H and O–H groups in total. The summed E-state index contributed by atoms with van der Waals surface area (Å²) in [6.07, 6.45) is 10.7. The molecule has 40 heavy (non-hydrogen) atoms. The topological polar surface area (TPSA) is 99.5 Å². The maximum absolute atomic E-state index is 13.6. The second-order valence-electron chi connectivity index (χ2n) is 13.9. The minimum atomic E-state index is -0.747. The Labute approximate surface area is 236 Å². The van der Waals surface area contributed by atoms with E-state index in [1.165, 1.54) is 30.0 Å². The maximum Gasteiger partial charge on any atom is 0.421 e. The second kappa shape index (κ2) is 10.2. The van der Waals surface area contributed by atoms with E-state index < -0.39 is 23.4 Å². The third-order valence-corrected chi connectivity index (χ3v) is 8.12. The molecule has 1 aromatic heterocycles. The lowest BCUT2D eigenvalue weighted by Crippen LogP contribution is -2.49. The van der Waals surface area contributed by atoms with E-state index in [2.05, 4.69) is 10.3 Å². The third kappa shape index (κ3) is 6.16. The molecule has 0 radical (unpaired) electrons. The molecule has 0 aliphatic heterocycles. The van der Waals surface area contributed by atoms with Crippen LogP contribution in [0, 0.1) is 23.2 Å². The van der Waals surface area contributed by atoms with E-state index in [9.17, 15) is 14.4 Å². The molecular formula is C32H41N3O5. The highest BCUT2D eigenvalue weighted by atomic mass is 16.6. The minimum absolute atomic E-state index is 0.0121. The fraction of sp³-hybridized carbons (Fsp3) is 0.562. The number of amides is 1. The fourth-order valence-corrected chi connectivity index (χ4v) is 7.07. The van der Waals surface area contributed by atoms with Crippen molar-refractivity contribution < 1.29 is 23.9 Å². The normalized spacial score (nSPS) is 25.7. The number of carbonyl (C=O) groups is 3. The SMILES string of the molecule is CC(C)(C)OC(=O)Nc1nc(-c2ccccc2/C=C/C(=O)C23CC4CC(CC(C4)C2)C3)cn1C(=O)OC(C)(C)C. The molecule has 4 fully saturated rings. The van der Waals surface area contributed by atoms with E-state index in [-0.39, 0.29) is 17.1 Å². The summed E-state index contributed by atoms with van der Waals surface area (Å²) in [5, 5.41) is 2.59. The lowest BCUT2D eigenvalue weighted by Gasteiger charge is -2.55. The molecule has 0 saturated heterocycles. The van der Waals surface area contributed by atoms with Crippen molar-refractivity contribution in [3.8, 4) is 11.3 Å². The zero-order chi connectivity index (χ0) is 28.9. The van der Waals surface area contributed by atoms with Gasteiger partial charge in [0.1, 0.15) is 11.2 Å². The molecule has 4 saturated carbocycles. The smallest absolute Gasteiger partial charge is 0.421 e. The number of ketones is 1. The first kappa shape index (κ1) is 28.1. The van der Waals surface area contributed by atoms with Crippen LogP contribution in [0.1, 0.15) is 85.6 Å². The summed E-state index contributed by atoms with van der Waals surface area (Å²) >= 11 is 0. The molecule has 0 atom stereocenters. The summed E-state index contributed by atoms with van der Waals surface area (Å²) in [7, 11) is 0. The van der Waals surface area contributed by atoms with Gasteiger partial charge in [0.15, 0.2) is 5.78 Å². The highest BCUT2D eigenvalue weighted by Gasteiger charge is 2.53. The molecule has 2 aromatic rings. The van der Waals surface area contributed by atoms with Gasteiger partial charge in [0.05, 0.1) is 5.69 Å². The van der Waals surface area contributed by atoms with E-state index in [4.69, 9.17) is 9.47 Å². The molecule has 0 spiro atoms. The van der Waals surface area contributed by atoms with Gasteiger partial charge in [-0.2, -0.15) is 0 Å². The number of rotatable bonds is 5. The minimum Gasteiger partial charge on any atom is -0.444 e. The number of aromatic nitrogens is 2. The standard InChI is InChI=1S/C32H41N3O5/c1-30(2,3)39-28(37)34-27-33-25(19-35(27)29(38)40-31(4,5)6)24-10-8-7-9-23(24)11-12-26(36)32-16-20-13-21(17-32)15-22(14-20)18-32/h7-12,19-22H,13-18H2,1-6H3,(H,33,34,37)/b12-11+. The monoisotopic (exact) mass is 547 g/mol. The number of allylic oxidation sites excluding steroid dienone is 1. The number of nitrogens with one attached hydrogen (secondary N) is 1. The summed E-state index contributed by atoms with van der Waals surface area (Å²) in [5.74, 6) is 2.31. The van der Waals surface area contributed by atoms with Crippen LogP contribution in [0.2, 0.25) is 0 Å². The molecule has 8 nitrogen and oxygen atoms in total. The van der Waals surface area contributed by atoms with Crippen LogP contribution in [0.3, 0.4) is 0 Å². The van der Waals surface area contributed by atoms with Crippen LogP contribution >= 0.6 is 0 Å². The number of hydrogen-bond donors (Lipinski definition) is 1. The van der Waals surface area contributed by atoms with Crippen LogP contribution in [0.15, 0.2) is 36.5 Å². The highest BCUT2D eigenvalue weighted by molar-refractivity contribution is 5.99. The molecule has 6 rings (SSSR count). The summed E-state index contributed by atoms with van der Waals surface area (Å²) in [4.78, 5) is 43.8. The molecule has 1 amide bonds. The average Bonchev–Trinajstić information content (AvgIpc) is 3.23. The Kier molecular flexibility index (Phi) is 7.17. The molecule has 0 unspecified atom stereocenters. The summed E-state index contributed by atoms with van der Waals surface area (Å²) in [6, 6.07) is 7.59. The lowest BCUT2D eigenvalue weighted by molar-refractivity contribution is -0.138. The van der Waals surface area contributed by atoms with Crippen molar-refractivity contribution in [3.63, 3.8) is 0 Å². The van der Waals surface area contributed by atoms with Gasteiger partial charge >= 0.3 is 12.2 Å². The van der Waals surface area contributed by atoms with Gasteiger partial charge in [-0.15, -0.1) is 0 Å². The molecule has 214 valence electrons. The molecule has 4 bridgehead atoms. The first-order valence-corrected chi connectivity index (χ1v) is 14.3. The van der Waals surface area contributed by atoms with Crippen molar-refractivity contribution in [1.82, 2.24) is 9.55 Å². The summed E-state index contributed by atoms with van der Waals surface area (Å²) in [5.41, 5.74) is 0.312. The van der Waals surface area contributed by atoms with E-state index in [1.54, 1.807) is 47.6 Å². The van der Waals surface area contributed by atoms with Crippen molar-refractivity contribution >= 4 is 30.0 Å². The maximum atomic E-state index is 13.6. The van der Waals surface area contributed by atoms with E-state index >= 15 is 0 Å². The summed E-state index contributed by atoms with van der Waals surface area (Å²) in [6.45, 7) is 10.6. The molecule has 1 aromatic carbocycles. The van der Waals surface area contributed by atoms with Crippen LogP contribution in [0.4, 0.5) is 15.5 Å². The number of hydrogen-bond acceptors (Lipinski definition) is 6. The van der Waals surface area contributed by atoms with Gasteiger partial charge in [-0.25, -0.2) is 19.1 Å². The Morgan fingerprint density at radius 1 is 0.925 bits per heavy atom. The third-order valence-electron chi connectivity index (χ3n) is 8.12. The number of nitrogens with zero attached hydrogens (tertiary/aromatic N) is 2. The largest absolute Gasteiger partial charge is 0.444 e. The van der Waals surface area contributed by atoms with E-state index in [0.29, 0.717) is 23.4 Å². The van der Waals surface area contributed by atoms with Gasteiger partial charge < -0.3 is 9.47 Å². The Bertz CT molecular complexity index is 1310. The van der Waals surface area contributed by atoms with E-state index in [1.807, 2.05) is 30.3 Å². The van der Waals surface area contributed by atoms with Crippen LogP contribution in [0.5, 0.6) is 0 Å². The Hall–Kier alpha value is -3.42. The zero-order valence-corrected chi connectivity index (χ0v) is 24.5. The Balaban J connectivity index is 1.43. The van der Waals surface area contributed by atoms with Crippen LogP contribution < -0.4 is 5.32 Å². The van der Waals surface area contributed by atoms with Gasteiger partial charge in [0, 0.05) is 17.2 Å². The van der Waals surface area contributed by atoms with Crippen molar-refractivity contribution in [2.24, 2.45) is 23.2 Å². The Morgan fingerprint density at radius 2 is 1.50 bits per heavy atom. The van der Waals surface area contributed by atoms with E-state index in [0.717, 1.165) is 30.4 Å². The number of carbonyl (C=O) groups excluding carboxylic acids is 3. The van der Waals surface area contributed by atoms with Crippen LogP contribution in [-0.4, -0.2) is 38.7 Å². The van der Waals surface area contributed by atoms with Gasteiger partial charge in [-0.3, -0.25) is 10.1 Å². The van der Waals surface area contributed by atoms with Gasteiger partial charge in [0.25, 0.3) is 0 Å². The number of benzene rings is 1. The van der Waals surface area contributed by atoms with Crippen molar-refractivity contribution in [2.75, 3.05) is 5.32 Å². The molecular weight excluding hydrogens is 506 g/mol. The number of anilines is 1. The zero-order valence-electron chi connectivity index (χ0n) is 24.5.